The minimum atomic E-state index is -0.453. The molecule has 0 atom stereocenters. The third kappa shape index (κ3) is 2.40. The third-order valence-electron chi connectivity index (χ3n) is 4.09. The first-order valence-electron chi connectivity index (χ1n) is 7.18. The number of nitrogens with two attached hydrogens (primary N) is 1. The topological polar surface area (TPSA) is 103 Å². The number of rotatable bonds is 3. The van der Waals surface area contributed by atoms with Crippen LogP contribution in [0.15, 0.2) is 28.0 Å². The molecule has 9 heteroatoms. The van der Waals surface area contributed by atoms with Crippen molar-refractivity contribution in [2.24, 2.45) is 12.8 Å². The highest BCUT2D eigenvalue weighted by molar-refractivity contribution is 5.85. The van der Waals surface area contributed by atoms with Crippen molar-refractivity contribution in [2.75, 3.05) is 0 Å². The highest BCUT2D eigenvalue weighted by Crippen LogP contribution is 2.40. The first-order chi connectivity index (χ1) is 10.6. The summed E-state index contributed by atoms with van der Waals surface area (Å²) in [6.45, 7) is 0.320. The van der Waals surface area contributed by atoms with Gasteiger partial charge < -0.3 is 10.1 Å². The second-order valence-electron chi connectivity index (χ2n) is 5.69. The molecular weight excluding hydrogens is 320 g/mol. The zero-order valence-corrected chi connectivity index (χ0v) is 13.3. The minimum absolute atomic E-state index is 0. The van der Waals surface area contributed by atoms with Crippen LogP contribution < -0.4 is 17.1 Å². The zero-order valence-electron chi connectivity index (χ0n) is 12.5. The highest BCUT2D eigenvalue weighted by atomic mass is 35.5. The van der Waals surface area contributed by atoms with E-state index in [9.17, 15) is 9.59 Å². The molecule has 3 aromatic rings. The lowest BCUT2D eigenvalue weighted by atomic mass is 10.2. The molecule has 3 N–H and O–H groups in total. The van der Waals surface area contributed by atoms with Gasteiger partial charge in [-0.15, -0.1) is 12.4 Å². The van der Waals surface area contributed by atoms with Crippen LogP contribution in [0.1, 0.15) is 30.0 Å². The van der Waals surface area contributed by atoms with Crippen molar-refractivity contribution in [3.05, 3.63) is 50.7 Å². The number of pyridine rings is 1. The summed E-state index contributed by atoms with van der Waals surface area (Å²) in [5.74, 6) is 0.512. The average Bonchev–Trinajstić information content (AvgIpc) is 3.23. The van der Waals surface area contributed by atoms with Crippen molar-refractivity contribution in [1.29, 1.82) is 0 Å². The van der Waals surface area contributed by atoms with E-state index in [4.69, 9.17) is 5.73 Å². The summed E-state index contributed by atoms with van der Waals surface area (Å²) in [6, 6.07) is 1.93. The number of hydrogen-bond donors (Lipinski definition) is 2. The Bertz CT molecular complexity index is 991. The Balaban J connectivity index is 0.00000156. The van der Waals surface area contributed by atoms with Gasteiger partial charge in [0.2, 0.25) is 0 Å². The van der Waals surface area contributed by atoms with Crippen molar-refractivity contribution in [3.63, 3.8) is 0 Å². The van der Waals surface area contributed by atoms with Crippen LogP contribution in [0.3, 0.4) is 0 Å². The Morgan fingerprint density at radius 3 is 2.65 bits per heavy atom. The van der Waals surface area contributed by atoms with Crippen molar-refractivity contribution in [2.45, 2.75) is 25.3 Å². The van der Waals surface area contributed by atoms with Crippen molar-refractivity contribution in [1.82, 2.24) is 23.7 Å². The molecule has 23 heavy (non-hydrogen) atoms. The van der Waals surface area contributed by atoms with Gasteiger partial charge in [0.15, 0.2) is 5.65 Å². The lowest BCUT2D eigenvalue weighted by molar-refractivity contribution is 0.793. The third-order valence-corrected chi connectivity index (χ3v) is 4.09. The van der Waals surface area contributed by atoms with E-state index < -0.39 is 11.4 Å². The van der Waals surface area contributed by atoms with E-state index in [1.165, 1.54) is 11.7 Å². The Morgan fingerprint density at radius 2 is 2.09 bits per heavy atom. The predicted octanol–water partition coefficient (Wildman–Crippen LogP) is 0.270. The molecule has 0 aromatic carbocycles. The van der Waals surface area contributed by atoms with Crippen LogP contribution in [-0.2, 0) is 13.6 Å². The summed E-state index contributed by atoms with van der Waals surface area (Å²) in [6.07, 6.45) is 6.17. The summed E-state index contributed by atoms with van der Waals surface area (Å²) < 4.78 is 4.16. The van der Waals surface area contributed by atoms with E-state index in [2.05, 4.69) is 10.1 Å². The van der Waals surface area contributed by atoms with Gasteiger partial charge in [-0.2, -0.15) is 4.68 Å². The van der Waals surface area contributed by atoms with Gasteiger partial charge in [-0.1, -0.05) is 0 Å². The van der Waals surface area contributed by atoms with Crippen molar-refractivity contribution in [3.8, 4) is 5.69 Å². The first-order valence-corrected chi connectivity index (χ1v) is 7.18. The molecule has 8 nitrogen and oxygen atoms in total. The molecular formula is C14H17ClN6O2. The highest BCUT2D eigenvalue weighted by Gasteiger charge is 2.26. The predicted molar refractivity (Wildman–Crippen MR) is 87.5 cm³/mol. The Labute approximate surface area is 136 Å². The van der Waals surface area contributed by atoms with Gasteiger partial charge in [0, 0.05) is 26.0 Å². The molecule has 0 unspecified atom stereocenters. The van der Waals surface area contributed by atoms with Gasteiger partial charge in [-0.05, 0) is 30.4 Å². The molecule has 0 radical (unpaired) electrons. The molecule has 4 rings (SSSR count). The summed E-state index contributed by atoms with van der Waals surface area (Å²) in [7, 11) is 1.44. The molecule has 0 amide bonds. The number of H-pyrrole nitrogens is 1. The number of imidazole rings is 1. The van der Waals surface area contributed by atoms with Gasteiger partial charge in [0.25, 0.3) is 0 Å². The number of aromatic nitrogens is 5. The summed E-state index contributed by atoms with van der Waals surface area (Å²) >= 11 is 0. The van der Waals surface area contributed by atoms with Crippen molar-refractivity contribution >= 4 is 18.1 Å². The Hall–Kier alpha value is -2.32. The average molecular weight is 337 g/mol. The van der Waals surface area contributed by atoms with Crippen LogP contribution in [0.2, 0.25) is 0 Å². The summed E-state index contributed by atoms with van der Waals surface area (Å²) in [5.41, 5.74) is 7.85. The van der Waals surface area contributed by atoms with Crippen LogP contribution in [0.25, 0.3) is 11.3 Å². The normalized spacial score (nSPS) is 14.2. The fourth-order valence-corrected chi connectivity index (χ4v) is 2.67. The molecule has 0 saturated heterocycles. The van der Waals surface area contributed by atoms with Gasteiger partial charge in [0.1, 0.15) is 5.69 Å². The van der Waals surface area contributed by atoms with Gasteiger partial charge >= 0.3 is 11.4 Å². The Morgan fingerprint density at radius 1 is 1.35 bits per heavy atom. The number of aromatic amines is 1. The molecule has 0 aliphatic heterocycles. The molecule has 122 valence electrons. The summed E-state index contributed by atoms with van der Waals surface area (Å²) in [5, 5.41) is 2.56. The molecule has 1 fully saturated rings. The van der Waals surface area contributed by atoms with Crippen LogP contribution in [0, 0.1) is 0 Å². The summed E-state index contributed by atoms with van der Waals surface area (Å²) in [4.78, 5) is 28.4. The maximum atomic E-state index is 12.2. The van der Waals surface area contributed by atoms with Crippen LogP contribution in [0.4, 0.5) is 0 Å². The number of nitrogens with zero attached hydrogens (tertiary/aromatic N) is 4. The van der Waals surface area contributed by atoms with E-state index in [0.29, 0.717) is 23.8 Å². The number of fused-ring (bicyclic) bond motifs is 1. The fourth-order valence-electron chi connectivity index (χ4n) is 2.67. The second kappa shape index (κ2) is 5.39. The SMILES string of the molecule is Cl.Cn1c(=O)[nH]n(-c2cc(C3CC3)cn3cc(CN)nc23)c1=O. The molecule has 1 aliphatic rings. The Kier molecular flexibility index (Phi) is 3.65. The fraction of sp³-hybridized carbons (Fsp3) is 0.357. The minimum Gasteiger partial charge on any atom is -0.325 e. The number of hydrogen-bond acceptors (Lipinski definition) is 4. The maximum Gasteiger partial charge on any atom is 0.351 e. The first kappa shape index (κ1) is 15.6. The zero-order chi connectivity index (χ0) is 15.4. The number of nitrogens with one attached hydrogen (secondary N) is 1. The molecule has 0 bridgehead atoms. The van der Waals surface area contributed by atoms with Crippen molar-refractivity contribution < 1.29 is 0 Å². The monoisotopic (exact) mass is 336 g/mol. The quantitative estimate of drug-likeness (QED) is 0.716. The van der Waals surface area contributed by atoms with E-state index in [1.807, 2.05) is 22.9 Å². The van der Waals surface area contributed by atoms with Crippen LogP contribution >= 0.6 is 12.4 Å². The smallest absolute Gasteiger partial charge is 0.325 e. The lowest BCUT2D eigenvalue weighted by Crippen LogP contribution is -2.25. The van der Waals surface area contributed by atoms with E-state index in [1.54, 1.807) is 0 Å². The van der Waals surface area contributed by atoms with Gasteiger partial charge in [0.05, 0.1) is 5.69 Å². The van der Waals surface area contributed by atoms with Gasteiger partial charge in [-0.25, -0.2) is 24.2 Å². The molecule has 0 spiro atoms. The van der Waals surface area contributed by atoms with Crippen LogP contribution in [0.5, 0.6) is 0 Å². The molecule has 1 aliphatic carbocycles. The molecule has 1 saturated carbocycles. The molecule has 3 aromatic heterocycles. The van der Waals surface area contributed by atoms with E-state index in [-0.39, 0.29) is 12.4 Å². The van der Waals surface area contributed by atoms with E-state index >= 15 is 0 Å². The van der Waals surface area contributed by atoms with E-state index in [0.717, 1.165) is 28.7 Å². The largest absolute Gasteiger partial charge is 0.351 e. The maximum absolute atomic E-state index is 12.2. The van der Waals surface area contributed by atoms with Gasteiger partial charge in [-0.3, -0.25) is 0 Å². The lowest BCUT2D eigenvalue weighted by Gasteiger charge is -2.07. The standard InChI is InChI=1S/C14H16N6O2.ClH/c1-18-13(21)17-20(14(18)22)11-4-9(8-2-3-8)6-19-7-10(5-15)16-12(11)19;/h4,6-8H,2-3,5,15H2,1H3,(H,17,21);1H. The second-order valence-corrected chi connectivity index (χ2v) is 5.69. The number of halogens is 1. The van der Waals surface area contributed by atoms with Crippen LogP contribution in [-0.4, -0.2) is 23.7 Å². The molecule has 3 heterocycles.